The molecule has 1 aliphatic rings. The maximum atomic E-state index is 6.35. The van der Waals surface area contributed by atoms with Crippen molar-refractivity contribution in [2.75, 3.05) is 0 Å². The van der Waals surface area contributed by atoms with E-state index in [0.717, 1.165) is 6.42 Å². The van der Waals surface area contributed by atoms with E-state index in [4.69, 9.17) is 5.73 Å². The lowest BCUT2D eigenvalue weighted by Crippen LogP contribution is -2.37. The minimum atomic E-state index is 0.348. The summed E-state index contributed by atoms with van der Waals surface area (Å²) < 4.78 is 0. The smallest absolute Gasteiger partial charge is 0.0121 e. The van der Waals surface area contributed by atoms with E-state index in [-0.39, 0.29) is 0 Å². The molecular weight excluding hydrogens is 202 g/mol. The first kappa shape index (κ1) is 11.2. The van der Waals surface area contributed by atoms with Crippen LogP contribution < -0.4 is 5.73 Å². The zero-order valence-corrected chi connectivity index (χ0v) is 10.5. The van der Waals surface area contributed by atoms with Crippen LogP contribution in [0, 0.1) is 11.3 Å². The van der Waals surface area contributed by atoms with Gasteiger partial charge < -0.3 is 5.73 Å². The lowest BCUT2D eigenvalue weighted by molar-refractivity contribution is 0.220. The molecule has 2 rings (SSSR count). The summed E-state index contributed by atoms with van der Waals surface area (Å²) in [7, 11) is 0. The summed E-state index contributed by atoms with van der Waals surface area (Å²) in [5, 5.41) is 2.14. The second-order valence-corrected chi connectivity index (χ2v) is 6.47. The van der Waals surface area contributed by atoms with Gasteiger partial charge >= 0.3 is 0 Å². The minimum Gasteiger partial charge on any atom is -0.327 e. The SMILES string of the molecule is CC1(C)CCCC1C(N)Cc1cccs1. The first-order chi connectivity index (χ1) is 7.09. The Bertz CT molecular complexity index is 302. The number of hydrogen-bond acceptors (Lipinski definition) is 2. The number of nitrogens with two attached hydrogens (primary N) is 1. The average Bonchev–Trinajstić information content (AvgIpc) is 2.73. The Labute approximate surface area is 96.7 Å². The third-order valence-corrected chi connectivity index (χ3v) is 4.77. The van der Waals surface area contributed by atoms with Crippen molar-refractivity contribution in [2.45, 2.75) is 45.6 Å². The summed E-state index contributed by atoms with van der Waals surface area (Å²) >= 11 is 1.83. The molecule has 1 nitrogen and oxygen atoms in total. The third-order valence-electron chi connectivity index (χ3n) is 3.87. The van der Waals surface area contributed by atoms with Gasteiger partial charge in [-0.2, -0.15) is 0 Å². The maximum absolute atomic E-state index is 6.35. The fraction of sp³-hybridized carbons (Fsp3) is 0.692. The van der Waals surface area contributed by atoms with E-state index in [1.54, 1.807) is 0 Å². The van der Waals surface area contributed by atoms with E-state index in [1.165, 1.54) is 24.1 Å². The summed E-state index contributed by atoms with van der Waals surface area (Å²) in [6, 6.07) is 4.67. The Kier molecular flexibility index (Phi) is 3.17. The molecule has 0 aromatic carbocycles. The van der Waals surface area contributed by atoms with Gasteiger partial charge in [-0.1, -0.05) is 26.3 Å². The van der Waals surface area contributed by atoms with Crippen LogP contribution >= 0.6 is 11.3 Å². The van der Waals surface area contributed by atoms with Crippen LogP contribution in [0.2, 0.25) is 0 Å². The number of thiophene rings is 1. The molecule has 2 atom stereocenters. The van der Waals surface area contributed by atoms with Crippen LogP contribution in [0.3, 0.4) is 0 Å². The highest BCUT2D eigenvalue weighted by Crippen LogP contribution is 2.44. The molecule has 2 N–H and O–H groups in total. The minimum absolute atomic E-state index is 0.348. The molecule has 0 radical (unpaired) electrons. The Balaban J connectivity index is 1.99. The van der Waals surface area contributed by atoms with Crippen molar-refractivity contribution in [3.05, 3.63) is 22.4 Å². The molecule has 1 aromatic heterocycles. The van der Waals surface area contributed by atoms with Crippen LogP contribution in [-0.4, -0.2) is 6.04 Å². The van der Waals surface area contributed by atoms with Crippen LogP contribution in [0.4, 0.5) is 0 Å². The van der Waals surface area contributed by atoms with Gasteiger partial charge in [-0.3, -0.25) is 0 Å². The molecule has 0 saturated heterocycles. The van der Waals surface area contributed by atoms with Gasteiger partial charge in [0.15, 0.2) is 0 Å². The van der Waals surface area contributed by atoms with Crippen LogP contribution in [0.15, 0.2) is 17.5 Å². The summed E-state index contributed by atoms with van der Waals surface area (Å²) in [5.41, 5.74) is 6.81. The number of hydrogen-bond donors (Lipinski definition) is 1. The van der Waals surface area contributed by atoms with Gasteiger partial charge in [0.2, 0.25) is 0 Å². The van der Waals surface area contributed by atoms with Crippen LogP contribution in [0.25, 0.3) is 0 Å². The molecule has 0 spiro atoms. The molecular formula is C13H21NS. The molecule has 0 bridgehead atoms. The Hall–Kier alpha value is -0.340. The van der Waals surface area contributed by atoms with Crippen molar-refractivity contribution in [1.82, 2.24) is 0 Å². The molecule has 1 saturated carbocycles. The summed E-state index contributed by atoms with van der Waals surface area (Å²) in [6.45, 7) is 4.75. The fourth-order valence-corrected chi connectivity index (χ4v) is 3.73. The lowest BCUT2D eigenvalue weighted by atomic mass is 9.77. The molecule has 2 unspecified atom stereocenters. The zero-order chi connectivity index (χ0) is 10.9. The van der Waals surface area contributed by atoms with Crippen molar-refractivity contribution in [2.24, 2.45) is 17.1 Å². The van der Waals surface area contributed by atoms with Gasteiger partial charge in [0.25, 0.3) is 0 Å². The van der Waals surface area contributed by atoms with Crippen molar-refractivity contribution in [3.63, 3.8) is 0 Å². The standard InChI is InChI=1S/C13H21NS/c1-13(2)7-3-6-11(13)12(14)9-10-5-4-8-15-10/h4-5,8,11-12H,3,6-7,9,14H2,1-2H3. The predicted molar refractivity (Wildman–Crippen MR) is 67.1 cm³/mol. The summed E-state index contributed by atoms with van der Waals surface area (Å²) in [6.07, 6.45) is 5.08. The molecule has 2 heteroatoms. The highest BCUT2D eigenvalue weighted by Gasteiger charge is 2.37. The van der Waals surface area contributed by atoms with Gasteiger partial charge in [0.1, 0.15) is 0 Å². The van der Waals surface area contributed by atoms with Gasteiger partial charge in [-0.05, 0) is 42.0 Å². The topological polar surface area (TPSA) is 26.0 Å². The molecule has 1 heterocycles. The molecule has 1 aliphatic carbocycles. The molecule has 84 valence electrons. The molecule has 1 aromatic rings. The van der Waals surface area contributed by atoms with Crippen molar-refractivity contribution >= 4 is 11.3 Å². The Morgan fingerprint density at radius 1 is 1.60 bits per heavy atom. The van der Waals surface area contributed by atoms with E-state index < -0.39 is 0 Å². The highest BCUT2D eigenvalue weighted by atomic mass is 32.1. The third kappa shape index (κ3) is 2.43. The Morgan fingerprint density at radius 3 is 2.93 bits per heavy atom. The lowest BCUT2D eigenvalue weighted by Gasteiger charge is -2.31. The zero-order valence-electron chi connectivity index (χ0n) is 9.70. The van der Waals surface area contributed by atoms with Gasteiger partial charge in [-0.15, -0.1) is 11.3 Å². The van der Waals surface area contributed by atoms with Gasteiger partial charge in [0.05, 0.1) is 0 Å². The van der Waals surface area contributed by atoms with Crippen molar-refractivity contribution in [1.29, 1.82) is 0 Å². The molecule has 0 amide bonds. The van der Waals surface area contributed by atoms with Crippen LogP contribution in [-0.2, 0) is 6.42 Å². The van der Waals surface area contributed by atoms with E-state index in [0.29, 0.717) is 17.4 Å². The second-order valence-electron chi connectivity index (χ2n) is 5.43. The van der Waals surface area contributed by atoms with Gasteiger partial charge in [0, 0.05) is 10.9 Å². The van der Waals surface area contributed by atoms with Crippen LogP contribution in [0.5, 0.6) is 0 Å². The molecule has 0 aliphatic heterocycles. The predicted octanol–water partition coefficient (Wildman–Crippen LogP) is 3.44. The Morgan fingerprint density at radius 2 is 2.40 bits per heavy atom. The summed E-state index contributed by atoms with van der Waals surface area (Å²) in [4.78, 5) is 1.44. The van der Waals surface area contributed by atoms with Crippen molar-refractivity contribution < 1.29 is 0 Å². The highest BCUT2D eigenvalue weighted by molar-refractivity contribution is 7.09. The largest absolute Gasteiger partial charge is 0.327 e. The van der Waals surface area contributed by atoms with Crippen molar-refractivity contribution in [3.8, 4) is 0 Å². The maximum Gasteiger partial charge on any atom is 0.0121 e. The van der Waals surface area contributed by atoms with E-state index in [2.05, 4.69) is 31.4 Å². The van der Waals surface area contributed by atoms with E-state index >= 15 is 0 Å². The average molecular weight is 223 g/mol. The fourth-order valence-electron chi connectivity index (χ4n) is 2.95. The first-order valence-corrected chi connectivity index (χ1v) is 6.75. The molecule has 15 heavy (non-hydrogen) atoms. The van der Waals surface area contributed by atoms with Crippen LogP contribution in [0.1, 0.15) is 38.0 Å². The van der Waals surface area contributed by atoms with E-state index in [9.17, 15) is 0 Å². The second kappa shape index (κ2) is 4.26. The number of rotatable bonds is 3. The molecule has 1 fully saturated rings. The normalized spacial score (nSPS) is 26.7. The monoisotopic (exact) mass is 223 g/mol. The van der Waals surface area contributed by atoms with Gasteiger partial charge in [-0.25, -0.2) is 0 Å². The van der Waals surface area contributed by atoms with E-state index in [1.807, 2.05) is 11.3 Å². The first-order valence-electron chi connectivity index (χ1n) is 5.87. The quantitative estimate of drug-likeness (QED) is 0.834. The summed E-state index contributed by atoms with van der Waals surface area (Å²) in [5.74, 6) is 0.708.